The number of hydrogen-bond acceptors (Lipinski definition) is 3. The van der Waals surface area contributed by atoms with Gasteiger partial charge in [0.2, 0.25) is 0 Å². The molecule has 1 saturated heterocycles. The van der Waals surface area contributed by atoms with Gasteiger partial charge in [-0.3, -0.25) is 0 Å². The maximum absolute atomic E-state index is 5.69. The zero-order valence-electron chi connectivity index (χ0n) is 9.34. The van der Waals surface area contributed by atoms with Crippen LogP contribution in [0.2, 0.25) is 0 Å². The van der Waals surface area contributed by atoms with Crippen LogP contribution in [-0.2, 0) is 9.47 Å². The summed E-state index contributed by atoms with van der Waals surface area (Å²) < 4.78 is 11.4. The zero-order chi connectivity index (χ0) is 10.6. The molecular formula is C12H21NO2. The summed E-state index contributed by atoms with van der Waals surface area (Å²) in [4.78, 5) is 0. The van der Waals surface area contributed by atoms with Gasteiger partial charge in [0, 0.05) is 18.9 Å². The average Bonchev–Trinajstić information content (AvgIpc) is 2.71. The molecule has 0 aromatic rings. The van der Waals surface area contributed by atoms with Crippen molar-refractivity contribution in [2.75, 3.05) is 19.8 Å². The molecule has 1 aliphatic carbocycles. The largest absolute Gasteiger partial charge is 0.348 e. The Morgan fingerprint density at radius 2 is 1.93 bits per heavy atom. The highest BCUT2D eigenvalue weighted by Crippen LogP contribution is 2.35. The highest BCUT2D eigenvalue weighted by Gasteiger charge is 2.39. The fourth-order valence-corrected chi connectivity index (χ4v) is 2.44. The lowest BCUT2D eigenvalue weighted by atomic mass is 9.90. The first-order valence-electron chi connectivity index (χ1n) is 5.97. The molecule has 1 N–H and O–H groups in total. The van der Waals surface area contributed by atoms with Crippen LogP contribution >= 0.6 is 0 Å². The molecule has 15 heavy (non-hydrogen) atoms. The molecule has 3 heteroatoms. The van der Waals surface area contributed by atoms with Gasteiger partial charge in [0.15, 0.2) is 5.79 Å². The molecule has 3 nitrogen and oxygen atoms in total. The van der Waals surface area contributed by atoms with Crippen molar-refractivity contribution in [3.8, 4) is 0 Å². The van der Waals surface area contributed by atoms with E-state index in [1.54, 1.807) is 0 Å². The number of rotatable bonds is 4. The van der Waals surface area contributed by atoms with Crippen molar-refractivity contribution in [2.24, 2.45) is 0 Å². The molecule has 0 aromatic heterocycles. The molecule has 0 bridgehead atoms. The van der Waals surface area contributed by atoms with Gasteiger partial charge < -0.3 is 14.8 Å². The molecule has 0 aromatic carbocycles. The second kappa shape index (κ2) is 5.10. The van der Waals surface area contributed by atoms with Gasteiger partial charge in [-0.25, -0.2) is 0 Å². The van der Waals surface area contributed by atoms with Crippen LogP contribution in [0.3, 0.4) is 0 Å². The normalized spacial score (nSPS) is 25.9. The van der Waals surface area contributed by atoms with Crippen molar-refractivity contribution in [3.63, 3.8) is 0 Å². The minimum atomic E-state index is -0.212. The maximum Gasteiger partial charge on any atom is 0.168 e. The molecule has 0 atom stereocenters. The van der Waals surface area contributed by atoms with Gasteiger partial charge in [-0.05, 0) is 25.8 Å². The van der Waals surface area contributed by atoms with Crippen LogP contribution < -0.4 is 5.32 Å². The van der Waals surface area contributed by atoms with Crippen molar-refractivity contribution in [1.29, 1.82) is 0 Å². The average molecular weight is 211 g/mol. The Morgan fingerprint density at radius 1 is 1.27 bits per heavy atom. The summed E-state index contributed by atoms with van der Waals surface area (Å²) in [6.07, 6.45) is 7.42. The molecule has 2 aliphatic rings. The first-order chi connectivity index (χ1) is 7.35. The molecule has 0 radical (unpaired) electrons. The molecule has 0 amide bonds. The van der Waals surface area contributed by atoms with Gasteiger partial charge >= 0.3 is 0 Å². The van der Waals surface area contributed by atoms with Crippen molar-refractivity contribution in [1.82, 2.24) is 5.32 Å². The molecule has 1 heterocycles. The Hall–Kier alpha value is -0.380. The third kappa shape index (κ3) is 2.80. The summed E-state index contributed by atoms with van der Waals surface area (Å²) >= 11 is 0. The molecule has 2 rings (SSSR count). The van der Waals surface area contributed by atoms with E-state index in [1.165, 1.54) is 0 Å². The Balaban J connectivity index is 1.69. The van der Waals surface area contributed by atoms with Gasteiger partial charge in [-0.1, -0.05) is 6.08 Å². The standard InChI is InChI=1S/C12H21NO2/c1-2-3-8-13-11-4-6-12(7-5-11)14-9-10-15-12/h2,11,13H,1,3-10H2. The minimum Gasteiger partial charge on any atom is -0.348 e. The highest BCUT2D eigenvalue weighted by atomic mass is 16.7. The van der Waals surface area contributed by atoms with Crippen LogP contribution in [0, 0.1) is 0 Å². The van der Waals surface area contributed by atoms with E-state index in [0.717, 1.165) is 51.9 Å². The van der Waals surface area contributed by atoms with E-state index in [1.807, 2.05) is 6.08 Å². The summed E-state index contributed by atoms with van der Waals surface area (Å²) in [5.41, 5.74) is 0. The van der Waals surface area contributed by atoms with Gasteiger partial charge in [-0.15, -0.1) is 6.58 Å². The Morgan fingerprint density at radius 3 is 2.53 bits per heavy atom. The fraction of sp³-hybridized carbons (Fsp3) is 0.833. The van der Waals surface area contributed by atoms with E-state index in [0.29, 0.717) is 6.04 Å². The lowest BCUT2D eigenvalue weighted by Crippen LogP contribution is -2.42. The van der Waals surface area contributed by atoms with E-state index < -0.39 is 0 Å². The van der Waals surface area contributed by atoms with E-state index >= 15 is 0 Å². The predicted octanol–water partition coefficient (Wildman–Crippen LogP) is 1.84. The summed E-state index contributed by atoms with van der Waals surface area (Å²) in [6.45, 7) is 6.31. The first-order valence-corrected chi connectivity index (χ1v) is 5.97. The Labute approximate surface area is 91.8 Å². The van der Waals surface area contributed by atoms with Crippen LogP contribution in [0.15, 0.2) is 12.7 Å². The number of ether oxygens (including phenoxy) is 2. The minimum absolute atomic E-state index is 0.212. The van der Waals surface area contributed by atoms with Crippen LogP contribution in [0.5, 0.6) is 0 Å². The van der Waals surface area contributed by atoms with Crippen molar-refractivity contribution >= 4 is 0 Å². The van der Waals surface area contributed by atoms with Gasteiger partial charge in [0.25, 0.3) is 0 Å². The van der Waals surface area contributed by atoms with Crippen LogP contribution in [0.1, 0.15) is 32.1 Å². The SMILES string of the molecule is C=CCCNC1CCC2(CC1)OCCO2. The highest BCUT2D eigenvalue weighted by molar-refractivity contribution is 4.85. The summed E-state index contributed by atoms with van der Waals surface area (Å²) in [5.74, 6) is -0.212. The van der Waals surface area contributed by atoms with Gasteiger partial charge in [0.05, 0.1) is 13.2 Å². The fourth-order valence-electron chi connectivity index (χ4n) is 2.44. The summed E-state index contributed by atoms with van der Waals surface area (Å²) in [6, 6.07) is 0.642. The van der Waals surface area contributed by atoms with Crippen molar-refractivity contribution in [2.45, 2.75) is 43.9 Å². The second-order valence-corrected chi connectivity index (χ2v) is 4.41. The number of nitrogens with one attached hydrogen (secondary N) is 1. The third-order valence-corrected chi connectivity index (χ3v) is 3.34. The van der Waals surface area contributed by atoms with E-state index in [4.69, 9.17) is 9.47 Å². The molecule has 2 fully saturated rings. The monoisotopic (exact) mass is 211 g/mol. The topological polar surface area (TPSA) is 30.5 Å². The van der Waals surface area contributed by atoms with E-state index in [9.17, 15) is 0 Å². The predicted molar refractivity (Wildman–Crippen MR) is 59.7 cm³/mol. The molecule has 86 valence electrons. The van der Waals surface area contributed by atoms with E-state index in [2.05, 4.69) is 11.9 Å². The molecule has 1 saturated carbocycles. The van der Waals surface area contributed by atoms with E-state index in [-0.39, 0.29) is 5.79 Å². The lowest BCUT2D eigenvalue weighted by molar-refractivity contribution is -0.179. The third-order valence-electron chi connectivity index (χ3n) is 3.34. The van der Waals surface area contributed by atoms with Gasteiger partial charge in [0.1, 0.15) is 0 Å². The van der Waals surface area contributed by atoms with Crippen molar-refractivity contribution < 1.29 is 9.47 Å². The van der Waals surface area contributed by atoms with Crippen molar-refractivity contribution in [3.05, 3.63) is 12.7 Å². The summed E-state index contributed by atoms with van der Waals surface area (Å²) in [7, 11) is 0. The first kappa shape index (κ1) is 11.1. The smallest absolute Gasteiger partial charge is 0.168 e. The maximum atomic E-state index is 5.69. The Kier molecular flexibility index (Phi) is 3.78. The number of hydrogen-bond donors (Lipinski definition) is 1. The van der Waals surface area contributed by atoms with Crippen LogP contribution in [0.4, 0.5) is 0 Å². The zero-order valence-corrected chi connectivity index (χ0v) is 9.34. The quantitative estimate of drug-likeness (QED) is 0.568. The second-order valence-electron chi connectivity index (χ2n) is 4.41. The molecule has 0 unspecified atom stereocenters. The lowest BCUT2D eigenvalue weighted by Gasteiger charge is -2.35. The molecule has 1 aliphatic heterocycles. The van der Waals surface area contributed by atoms with Gasteiger partial charge in [-0.2, -0.15) is 0 Å². The molecular weight excluding hydrogens is 190 g/mol. The van der Waals surface area contributed by atoms with Crippen LogP contribution in [0.25, 0.3) is 0 Å². The molecule has 1 spiro atoms. The van der Waals surface area contributed by atoms with Crippen LogP contribution in [-0.4, -0.2) is 31.6 Å². The Bertz CT molecular complexity index is 202. The summed E-state index contributed by atoms with van der Waals surface area (Å²) in [5, 5.41) is 3.55.